The molecule has 2 N–H and O–H groups in total. The van der Waals surface area contributed by atoms with Gasteiger partial charge in [-0.05, 0) is 24.6 Å². The van der Waals surface area contributed by atoms with Crippen LogP contribution in [0.3, 0.4) is 0 Å². The molecule has 0 aliphatic rings. The van der Waals surface area contributed by atoms with Crippen molar-refractivity contribution in [3.8, 4) is 0 Å². The number of rotatable bonds is 7. The van der Waals surface area contributed by atoms with Crippen molar-refractivity contribution in [2.75, 3.05) is 33.1 Å². The van der Waals surface area contributed by atoms with Gasteiger partial charge in [-0.25, -0.2) is 14.0 Å². The number of ether oxygens (including phenoxy) is 2. The van der Waals surface area contributed by atoms with E-state index in [0.29, 0.717) is 12.1 Å². The van der Waals surface area contributed by atoms with E-state index in [9.17, 15) is 18.8 Å². The van der Waals surface area contributed by atoms with E-state index in [4.69, 9.17) is 9.47 Å². The predicted octanol–water partition coefficient (Wildman–Crippen LogP) is 1.42. The Morgan fingerprint density at radius 2 is 1.86 bits per heavy atom. The maximum absolute atomic E-state index is 13.3. The van der Waals surface area contributed by atoms with E-state index in [2.05, 4.69) is 5.32 Å². The second-order valence-corrected chi connectivity index (χ2v) is 7.25. The van der Waals surface area contributed by atoms with E-state index in [0.717, 1.165) is 21.8 Å². The number of anilines is 1. The molecule has 1 heterocycles. The molecular formula is C19H22FN2O5S+. The van der Waals surface area contributed by atoms with Crippen LogP contribution >= 0.6 is 11.3 Å². The van der Waals surface area contributed by atoms with Crippen molar-refractivity contribution in [1.29, 1.82) is 0 Å². The van der Waals surface area contributed by atoms with E-state index in [1.54, 1.807) is 26.1 Å². The smallest absolute Gasteiger partial charge is 0.348 e. The normalized spacial score (nSPS) is 11.6. The first-order chi connectivity index (χ1) is 13.3. The van der Waals surface area contributed by atoms with Crippen molar-refractivity contribution >= 4 is 34.2 Å². The monoisotopic (exact) mass is 409 g/mol. The molecule has 0 spiro atoms. The highest BCUT2D eigenvalue weighted by molar-refractivity contribution is 7.18. The third-order valence-corrected chi connectivity index (χ3v) is 5.20. The fourth-order valence-corrected chi connectivity index (χ4v) is 3.87. The lowest BCUT2D eigenvalue weighted by atomic mass is 10.1. The molecule has 0 saturated carbocycles. The highest BCUT2D eigenvalue weighted by atomic mass is 32.1. The lowest BCUT2D eigenvalue weighted by molar-refractivity contribution is -0.885. The average Bonchev–Trinajstić information content (AvgIpc) is 2.96. The Kier molecular flexibility index (Phi) is 7.24. The Morgan fingerprint density at radius 3 is 2.46 bits per heavy atom. The number of benzene rings is 1. The first-order valence-corrected chi connectivity index (χ1v) is 9.24. The largest absolute Gasteiger partial charge is 0.465 e. The summed E-state index contributed by atoms with van der Waals surface area (Å²) in [5.41, 5.74) is 1.28. The van der Waals surface area contributed by atoms with Crippen LogP contribution in [0.5, 0.6) is 0 Å². The molecule has 9 heteroatoms. The van der Waals surface area contributed by atoms with Gasteiger partial charge in [0.1, 0.15) is 22.2 Å². The fraction of sp³-hybridized carbons (Fsp3) is 0.316. The number of quaternary nitrogens is 1. The molecule has 0 bridgehead atoms. The topological polar surface area (TPSA) is 86.1 Å². The van der Waals surface area contributed by atoms with E-state index in [-0.39, 0.29) is 33.7 Å². The molecule has 150 valence electrons. The summed E-state index contributed by atoms with van der Waals surface area (Å²) in [6.45, 7) is 2.12. The zero-order valence-corrected chi connectivity index (χ0v) is 16.9. The fourth-order valence-electron chi connectivity index (χ4n) is 2.74. The number of carbonyl (C=O) groups is 3. The van der Waals surface area contributed by atoms with Gasteiger partial charge in [0.25, 0.3) is 5.91 Å². The van der Waals surface area contributed by atoms with Crippen LogP contribution in [0.1, 0.15) is 31.2 Å². The van der Waals surface area contributed by atoms with Gasteiger partial charge in [0.05, 0.1) is 26.8 Å². The molecule has 0 saturated heterocycles. The number of likely N-dealkylation sites (N-methyl/N-ethyl adjacent to an activating group) is 1. The molecule has 1 unspecified atom stereocenters. The van der Waals surface area contributed by atoms with Gasteiger partial charge in [0.2, 0.25) is 0 Å². The van der Waals surface area contributed by atoms with Crippen LogP contribution in [0.2, 0.25) is 0 Å². The third-order valence-electron chi connectivity index (χ3n) is 4.02. The highest BCUT2D eigenvalue weighted by Crippen LogP contribution is 2.34. The number of esters is 2. The van der Waals surface area contributed by atoms with E-state index < -0.39 is 11.9 Å². The number of amides is 1. The highest BCUT2D eigenvalue weighted by Gasteiger charge is 2.27. The van der Waals surface area contributed by atoms with Crippen LogP contribution in [0.25, 0.3) is 0 Å². The summed E-state index contributed by atoms with van der Waals surface area (Å²) in [4.78, 5) is 37.5. The number of halogens is 1. The summed E-state index contributed by atoms with van der Waals surface area (Å²) >= 11 is 0.958. The Labute approximate surface area is 166 Å². The lowest BCUT2D eigenvalue weighted by Gasteiger charge is -2.14. The Bertz CT molecular complexity index is 896. The lowest BCUT2D eigenvalue weighted by Crippen LogP contribution is -3.08. The standard InChI is InChI=1S/C19H21FN2O5S/c1-11-15(18(24)26-3)17(28-16(11)19(25)27-4)21-14(23)10-22(2)9-12-6-5-7-13(20)8-12/h5-8H,9-10H2,1-4H3,(H,21,23)/p+1. The van der Waals surface area contributed by atoms with Crippen LogP contribution < -0.4 is 10.2 Å². The second kappa shape index (κ2) is 9.43. The molecule has 28 heavy (non-hydrogen) atoms. The maximum atomic E-state index is 13.3. The van der Waals surface area contributed by atoms with E-state index in [1.165, 1.54) is 26.4 Å². The van der Waals surface area contributed by atoms with Gasteiger partial charge in [-0.1, -0.05) is 12.1 Å². The summed E-state index contributed by atoms with van der Waals surface area (Å²) < 4.78 is 22.8. The summed E-state index contributed by atoms with van der Waals surface area (Å²) in [5, 5.41) is 2.90. The predicted molar refractivity (Wildman–Crippen MR) is 102 cm³/mol. The number of thiophene rings is 1. The zero-order valence-electron chi connectivity index (χ0n) is 16.1. The molecule has 0 radical (unpaired) electrons. The minimum atomic E-state index is -0.653. The molecule has 1 atom stereocenters. The van der Waals surface area contributed by atoms with Crippen molar-refractivity contribution in [3.05, 3.63) is 51.7 Å². The number of hydrogen-bond acceptors (Lipinski definition) is 6. The average molecular weight is 409 g/mol. The van der Waals surface area contributed by atoms with Gasteiger partial charge in [-0.15, -0.1) is 11.3 Å². The van der Waals surface area contributed by atoms with Gasteiger partial charge >= 0.3 is 11.9 Å². The van der Waals surface area contributed by atoms with Crippen molar-refractivity contribution in [3.63, 3.8) is 0 Å². The van der Waals surface area contributed by atoms with E-state index in [1.807, 2.05) is 0 Å². The van der Waals surface area contributed by atoms with Crippen LogP contribution in [-0.4, -0.2) is 45.7 Å². The Morgan fingerprint density at radius 1 is 1.18 bits per heavy atom. The van der Waals surface area contributed by atoms with Crippen LogP contribution in [0.15, 0.2) is 24.3 Å². The minimum Gasteiger partial charge on any atom is -0.465 e. The van der Waals surface area contributed by atoms with Crippen molar-refractivity contribution in [1.82, 2.24) is 0 Å². The molecule has 1 amide bonds. The summed E-state index contributed by atoms with van der Waals surface area (Å²) in [6.07, 6.45) is 0. The third kappa shape index (κ3) is 5.14. The molecular weight excluding hydrogens is 387 g/mol. The zero-order chi connectivity index (χ0) is 20.8. The molecule has 2 rings (SSSR count). The van der Waals surface area contributed by atoms with Gasteiger partial charge in [0.15, 0.2) is 6.54 Å². The second-order valence-electron chi connectivity index (χ2n) is 6.23. The van der Waals surface area contributed by atoms with Crippen molar-refractivity contribution < 1.29 is 33.1 Å². The van der Waals surface area contributed by atoms with E-state index >= 15 is 0 Å². The SMILES string of the molecule is COC(=O)c1sc(NC(=O)C[NH+](C)Cc2cccc(F)c2)c(C(=O)OC)c1C. The number of carbonyl (C=O) groups excluding carboxylic acids is 3. The summed E-state index contributed by atoms with van der Waals surface area (Å²) in [5.74, 6) is -1.93. The molecule has 0 aliphatic carbocycles. The van der Waals surface area contributed by atoms with Crippen LogP contribution in [-0.2, 0) is 20.8 Å². The molecule has 0 aliphatic heterocycles. The number of hydrogen-bond donors (Lipinski definition) is 2. The van der Waals surface area contributed by atoms with Crippen molar-refractivity contribution in [2.24, 2.45) is 0 Å². The van der Waals surface area contributed by atoms with Gasteiger partial charge < -0.3 is 19.7 Å². The molecule has 0 fully saturated rings. The first-order valence-electron chi connectivity index (χ1n) is 8.42. The number of nitrogens with one attached hydrogen (secondary N) is 2. The molecule has 1 aromatic carbocycles. The number of methoxy groups -OCH3 is 2. The maximum Gasteiger partial charge on any atom is 0.348 e. The van der Waals surface area contributed by atoms with Gasteiger partial charge in [-0.3, -0.25) is 4.79 Å². The first kappa shape index (κ1) is 21.5. The molecule has 7 nitrogen and oxygen atoms in total. The Hall–Kier alpha value is -2.78. The Balaban J connectivity index is 2.14. The summed E-state index contributed by atoms with van der Waals surface area (Å²) in [7, 11) is 4.26. The van der Waals surface area contributed by atoms with Gasteiger partial charge in [0, 0.05) is 5.56 Å². The molecule has 2 aromatic rings. The van der Waals surface area contributed by atoms with Crippen LogP contribution in [0.4, 0.5) is 9.39 Å². The quantitative estimate of drug-likeness (QED) is 0.676. The van der Waals surface area contributed by atoms with Crippen LogP contribution in [0, 0.1) is 12.7 Å². The minimum absolute atomic E-state index is 0.0850. The molecule has 1 aromatic heterocycles. The summed E-state index contributed by atoms with van der Waals surface area (Å²) in [6, 6.07) is 6.18. The van der Waals surface area contributed by atoms with Crippen molar-refractivity contribution in [2.45, 2.75) is 13.5 Å². The van der Waals surface area contributed by atoms with Gasteiger partial charge in [-0.2, -0.15) is 0 Å².